The maximum Gasteiger partial charge on any atom is 0.200 e. The van der Waals surface area contributed by atoms with Crippen molar-refractivity contribution in [2.24, 2.45) is 0 Å². The molecular weight excluding hydrogens is 343 g/mol. The van der Waals surface area contributed by atoms with Crippen molar-refractivity contribution in [3.05, 3.63) is 28.2 Å². The van der Waals surface area contributed by atoms with Crippen molar-refractivity contribution in [2.45, 2.75) is 32.1 Å². The monoisotopic (exact) mass is 362 g/mol. The van der Waals surface area contributed by atoms with Gasteiger partial charge in [-0.2, -0.15) is 0 Å². The number of hydrogen-bond acceptors (Lipinski definition) is 8. The number of fused-ring (bicyclic) bond motifs is 1. The number of hydrogen-bond donors (Lipinski definition) is 0. The van der Waals surface area contributed by atoms with E-state index in [9.17, 15) is 4.39 Å². The van der Waals surface area contributed by atoms with Gasteiger partial charge < -0.3 is 4.90 Å². The number of aryl methyl sites for hydroxylation is 1. The van der Waals surface area contributed by atoms with Crippen LogP contribution in [0, 0.1) is 6.92 Å². The zero-order chi connectivity index (χ0) is 17.4. The second kappa shape index (κ2) is 6.60. The third-order valence-electron chi connectivity index (χ3n) is 4.60. The van der Waals surface area contributed by atoms with E-state index in [0.29, 0.717) is 25.2 Å². The highest BCUT2D eigenvalue weighted by atomic mass is 32.1. The number of nitrogens with zero attached hydrogens (tertiary/aromatic N) is 8. The Kier molecular flexibility index (Phi) is 4.30. The molecule has 0 aliphatic carbocycles. The SMILES string of the molecule is Cc1ncsc1CN1C[C@@H](F)C[C@H]1CN(C)c1ccc2nnnn2n1. The fourth-order valence-corrected chi connectivity index (χ4v) is 4.02. The number of likely N-dealkylation sites (N-methyl/N-ethyl adjacent to an activating group) is 1. The van der Waals surface area contributed by atoms with Crippen molar-refractivity contribution in [3.63, 3.8) is 0 Å². The number of alkyl halides is 1. The van der Waals surface area contributed by atoms with Crippen LogP contribution in [0.3, 0.4) is 0 Å². The molecule has 0 N–H and O–H groups in total. The molecule has 10 heteroatoms. The van der Waals surface area contributed by atoms with Crippen LogP contribution in [0.4, 0.5) is 10.2 Å². The van der Waals surface area contributed by atoms with Gasteiger partial charge in [0.15, 0.2) is 11.5 Å². The fraction of sp³-hybridized carbons (Fsp3) is 0.533. The minimum absolute atomic E-state index is 0.132. The second-order valence-electron chi connectivity index (χ2n) is 6.38. The molecule has 8 nitrogen and oxygen atoms in total. The van der Waals surface area contributed by atoms with E-state index in [-0.39, 0.29) is 6.04 Å². The van der Waals surface area contributed by atoms with Gasteiger partial charge in [-0.3, -0.25) is 4.90 Å². The van der Waals surface area contributed by atoms with Gasteiger partial charge >= 0.3 is 0 Å². The molecule has 0 amide bonds. The van der Waals surface area contributed by atoms with Crippen molar-refractivity contribution in [3.8, 4) is 0 Å². The number of rotatable bonds is 5. The van der Waals surface area contributed by atoms with Gasteiger partial charge in [0.05, 0.1) is 11.2 Å². The first-order chi connectivity index (χ1) is 12.1. The maximum absolute atomic E-state index is 14.1. The van der Waals surface area contributed by atoms with Gasteiger partial charge in [0.2, 0.25) is 0 Å². The van der Waals surface area contributed by atoms with Crippen LogP contribution >= 0.6 is 11.3 Å². The van der Waals surface area contributed by atoms with Gasteiger partial charge in [0.25, 0.3) is 0 Å². The zero-order valence-electron chi connectivity index (χ0n) is 14.1. The number of anilines is 1. The maximum atomic E-state index is 14.1. The summed E-state index contributed by atoms with van der Waals surface area (Å²) < 4.78 is 15.5. The lowest BCUT2D eigenvalue weighted by Gasteiger charge is -2.28. The Labute approximate surface area is 148 Å². The molecule has 4 rings (SSSR count). The van der Waals surface area contributed by atoms with E-state index >= 15 is 0 Å². The van der Waals surface area contributed by atoms with E-state index in [1.165, 1.54) is 9.51 Å². The summed E-state index contributed by atoms with van der Waals surface area (Å²) in [6, 6.07) is 3.84. The highest BCUT2D eigenvalue weighted by molar-refractivity contribution is 7.09. The Morgan fingerprint density at radius 3 is 3.08 bits per heavy atom. The Morgan fingerprint density at radius 2 is 2.28 bits per heavy atom. The summed E-state index contributed by atoms with van der Waals surface area (Å²) >= 11 is 1.63. The first-order valence-corrected chi connectivity index (χ1v) is 9.02. The first kappa shape index (κ1) is 16.3. The van der Waals surface area contributed by atoms with Crippen molar-refractivity contribution >= 4 is 22.8 Å². The molecule has 3 aromatic rings. The molecule has 4 heterocycles. The molecule has 25 heavy (non-hydrogen) atoms. The van der Waals surface area contributed by atoms with Crippen molar-refractivity contribution in [1.82, 2.24) is 35.1 Å². The van der Waals surface area contributed by atoms with Gasteiger partial charge in [-0.25, -0.2) is 9.37 Å². The summed E-state index contributed by atoms with van der Waals surface area (Å²) in [5, 5.41) is 15.7. The molecule has 0 spiro atoms. The van der Waals surface area contributed by atoms with Gasteiger partial charge in [-0.1, -0.05) is 0 Å². The molecule has 1 aliphatic heterocycles. The average Bonchev–Trinajstić information content (AvgIpc) is 3.29. The Balaban J connectivity index is 1.48. The Bertz CT molecular complexity index is 864. The van der Waals surface area contributed by atoms with Gasteiger partial charge in [0, 0.05) is 37.6 Å². The van der Waals surface area contributed by atoms with Crippen LogP contribution in [-0.2, 0) is 6.54 Å². The number of likely N-dealkylation sites (tertiary alicyclic amines) is 1. The summed E-state index contributed by atoms with van der Waals surface area (Å²) in [7, 11) is 1.96. The van der Waals surface area contributed by atoms with E-state index < -0.39 is 6.17 Å². The second-order valence-corrected chi connectivity index (χ2v) is 7.32. The van der Waals surface area contributed by atoms with Crippen LogP contribution in [0.25, 0.3) is 5.65 Å². The Morgan fingerprint density at radius 1 is 1.40 bits per heavy atom. The smallest absolute Gasteiger partial charge is 0.200 e. The van der Waals surface area contributed by atoms with Crippen LogP contribution in [0.2, 0.25) is 0 Å². The molecule has 0 radical (unpaired) electrons. The fourth-order valence-electron chi connectivity index (χ4n) is 3.22. The molecule has 1 saturated heterocycles. The lowest BCUT2D eigenvalue weighted by atomic mass is 10.2. The predicted molar refractivity (Wildman–Crippen MR) is 92.4 cm³/mol. The molecule has 2 atom stereocenters. The minimum atomic E-state index is -0.790. The third-order valence-corrected chi connectivity index (χ3v) is 5.52. The van der Waals surface area contributed by atoms with Crippen LogP contribution < -0.4 is 4.90 Å². The summed E-state index contributed by atoms with van der Waals surface area (Å²) in [4.78, 5) is 9.72. The number of thiazole rings is 1. The minimum Gasteiger partial charge on any atom is -0.357 e. The lowest BCUT2D eigenvalue weighted by Crippen LogP contribution is -2.39. The zero-order valence-corrected chi connectivity index (χ0v) is 14.9. The molecule has 0 aromatic carbocycles. The summed E-state index contributed by atoms with van der Waals surface area (Å²) in [6.07, 6.45) is -0.253. The molecular formula is C15H19FN8S. The van der Waals surface area contributed by atoms with E-state index in [4.69, 9.17) is 0 Å². The first-order valence-electron chi connectivity index (χ1n) is 8.14. The quantitative estimate of drug-likeness (QED) is 0.678. The van der Waals surface area contributed by atoms with Crippen LogP contribution in [0.15, 0.2) is 17.6 Å². The summed E-state index contributed by atoms with van der Waals surface area (Å²) in [5.41, 5.74) is 3.48. The van der Waals surface area contributed by atoms with Crippen LogP contribution in [-0.4, -0.2) is 67.5 Å². The highest BCUT2D eigenvalue weighted by Crippen LogP contribution is 2.26. The molecule has 0 bridgehead atoms. The normalized spacial score (nSPS) is 21.2. The highest BCUT2D eigenvalue weighted by Gasteiger charge is 2.33. The van der Waals surface area contributed by atoms with Crippen molar-refractivity contribution in [2.75, 3.05) is 25.0 Å². The summed E-state index contributed by atoms with van der Waals surface area (Å²) in [6.45, 7) is 3.91. The largest absolute Gasteiger partial charge is 0.357 e. The van der Waals surface area contributed by atoms with E-state index in [1.54, 1.807) is 11.3 Å². The standard InChI is InChI=1S/C15H19FN8S/c1-10-13(25-9-17-10)8-23-6-11(16)5-12(23)7-22(2)15-4-3-14-18-20-21-24(14)19-15/h3-4,9,11-12H,5-8H2,1-2H3/t11-,12-/m0/s1. The van der Waals surface area contributed by atoms with Crippen molar-refractivity contribution in [1.29, 1.82) is 0 Å². The van der Waals surface area contributed by atoms with Crippen LogP contribution in [0.5, 0.6) is 0 Å². The number of halogens is 1. The average molecular weight is 362 g/mol. The van der Waals surface area contributed by atoms with Gasteiger partial charge in [-0.05, 0) is 35.9 Å². The summed E-state index contributed by atoms with van der Waals surface area (Å²) in [5.74, 6) is 0.760. The molecule has 132 valence electrons. The van der Waals surface area contributed by atoms with Gasteiger partial charge in [-0.15, -0.1) is 26.2 Å². The van der Waals surface area contributed by atoms with Crippen LogP contribution in [0.1, 0.15) is 17.0 Å². The predicted octanol–water partition coefficient (Wildman–Crippen LogP) is 1.33. The van der Waals surface area contributed by atoms with E-state index in [0.717, 1.165) is 18.1 Å². The molecule has 1 aliphatic rings. The molecule has 3 aromatic heterocycles. The van der Waals surface area contributed by atoms with E-state index in [1.807, 2.05) is 36.5 Å². The third kappa shape index (κ3) is 3.31. The van der Waals surface area contributed by atoms with E-state index in [2.05, 4.69) is 30.5 Å². The molecule has 1 fully saturated rings. The van der Waals surface area contributed by atoms with Gasteiger partial charge in [0.1, 0.15) is 6.17 Å². The Hall–Kier alpha value is -2.20. The number of aromatic nitrogens is 6. The lowest BCUT2D eigenvalue weighted by molar-refractivity contribution is 0.238. The van der Waals surface area contributed by atoms with Crippen molar-refractivity contribution < 1.29 is 4.39 Å². The molecule has 0 unspecified atom stereocenters. The topological polar surface area (TPSA) is 75.3 Å². The molecule has 0 saturated carbocycles. The number of tetrazole rings is 1.